The predicted octanol–water partition coefficient (Wildman–Crippen LogP) is 3.50. The van der Waals surface area contributed by atoms with Gasteiger partial charge in [0.25, 0.3) is 0 Å². The normalized spacial score (nSPS) is 20.2. The Labute approximate surface area is 112 Å². The Morgan fingerprint density at radius 2 is 2.28 bits per heavy atom. The first kappa shape index (κ1) is 11.8. The van der Waals surface area contributed by atoms with Crippen LogP contribution in [-0.4, -0.2) is 17.6 Å². The number of hydrogen-bond acceptors (Lipinski definition) is 4. The largest absolute Gasteiger partial charge is 0.399 e. The van der Waals surface area contributed by atoms with E-state index in [2.05, 4.69) is 18.7 Å². The molecule has 3 rings (SSSR count). The van der Waals surface area contributed by atoms with E-state index in [0.29, 0.717) is 12.0 Å². The molecule has 1 aromatic heterocycles. The number of aromatic nitrogens is 1. The minimum absolute atomic E-state index is 0.642. The Hall–Kier alpha value is -1.29. The van der Waals surface area contributed by atoms with Gasteiger partial charge in [-0.05, 0) is 37.0 Å². The van der Waals surface area contributed by atoms with Crippen molar-refractivity contribution in [2.45, 2.75) is 32.7 Å². The van der Waals surface area contributed by atoms with Crippen molar-refractivity contribution in [2.24, 2.45) is 5.92 Å². The summed E-state index contributed by atoms with van der Waals surface area (Å²) in [6.07, 6.45) is 2.57. The Morgan fingerprint density at radius 1 is 1.44 bits per heavy atom. The molecule has 96 valence electrons. The number of rotatable bonds is 2. The standard InChI is InChI=1S/C14H19N3S/c1-9(2)12-4-3-7-17(12)14-16-11-6-5-10(15)8-13(11)18-14/h5-6,8-9,12H,3-4,7,15H2,1-2H3. The molecule has 0 bridgehead atoms. The Balaban J connectivity index is 1.98. The topological polar surface area (TPSA) is 42.2 Å². The van der Waals surface area contributed by atoms with Crippen LogP contribution in [0.3, 0.4) is 0 Å². The van der Waals surface area contributed by atoms with E-state index in [-0.39, 0.29) is 0 Å². The molecule has 0 saturated carbocycles. The molecule has 1 saturated heterocycles. The molecule has 3 nitrogen and oxygen atoms in total. The molecule has 1 aliphatic heterocycles. The summed E-state index contributed by atoms with van der Waals surface area (Å²) >= 11 is 1.76. The van der Waals surface area contributed by atoms with E-state index in [1.165, 1.54) is 17.5 Å². The van der Waals surface area contributed by atoms with Crippen molar-refractivity contribution in [3.63, 3.8) is 0 Å². The van der Waals surface area contributed by atoms with Crippen molar-refractivity contribution in [2.75, 3.05) is 17.2 Å². The molecular formula is C14H19N3S. The van der Waals surface area contributed by atoms with Crippen molar-refractivity contribution >= 4 is 32.4 Å². The second-order valence-electron chi connectivity index (χ2n) is 5.37. The van der Waals surface area contributed by atoms with Crippen LogP contribution in [0.2, 0.25) is 0 Å². The molecular weight excluding hydrogens is 242 g/mol. The Bertz CT molecular complexity index is 561. The van der Waals surface area contributed by atoms with Gasteiger partial charge >= 0.3 is 0 Å². The van der Waals surface area contributed by atoms with Crippen molar-refractivity contribution in [1.29, 1.82) is 0 Å². The maximum absolute atomic E-state index is 5.83. The van der Waals surface area contributed by atoms with E-state index in [1.807, 2.05) is 18.2 Å². The summed E-state index contributed by atoms with van der Waals surface area (Å²) in [5, 5.41) is 1.16. The lowest BCUT2D eigenvalue weighted by atomic mass is 10.0. The third kappa shape index (κ3) is 1.94. The van der Waals surface area contributed by atoms with Crippen LogP contribution in [-0.2, 0) is 0 Å². The minimum atomic E-state index is 0.642. The summed E-state index contributed by atoms with van der Waals surface area (Å²) in [6, 6.07) is 6.61. The van der Waals surface area contributed by atoms with E-state index >= 15 is 0 Å². The number of nitrogens with zero attached hydrogens (tertiary/aromatic N) is 2. The van der Waals surface area contributed by atoms with E-state index in [1.54, 1.807) is 11.3 Å². The van der Waals surface area contributed by atoms with Crippen LogP contribution in [0.25, 0.3) is 10.2 Å². The van der Waals surface area contributed by atoms with Crippen LogP contribution in [0.5, 0.6) is 0 Å². The second kappa shape index (κ2) is 4.43. The smallest absolute Gasteiger partial charge is 0.186 e. The third-order valence-electron chi connectivity index (χ3n) is 3.72. The molecule has 2 heterocycles. The van der Waals surface area contributed by atoms with Gasteiger partial charge in [0.15, 0.2) is 5.13 Å². The molecule has 0 aliphatic carbocycles. The molecule has 4 heteroatoms. The average molecular weight is 261 g/mol. The summed E-state index contributed by atoms with van der Waals surface area (Å²) in [4.78, 5) is 7.24. The summed E-state index contributed by atoms with van der Waals surface area (Å²) in [6.45, 7) is 5.74. The Morgan fingerprint density at radius 3 is 3.06 bits per heavy atom. The lowest BCUT2D eigenvalue weighted by molar-refractivity contribution is 0.491. The van der Waals surface area contributed by atoms with Crippen LogP contribution >= 0.6 is 11.3 Å². The molecule has 1 unspecified atom stereocenters. The molecule has 1 aromatic carbocycles. The first-order chi connectivity index (χ1) is 8.65. The lowest BCUT2D eigenvalue weighted by Crippen LogP contribution is -2.33. The molecule has 18 heavy (non-hydrogen) atoms. The van der Waals surface area contributed by atoms with Gasteiger partial charge in [0.1, 0.15) is 0 Å². The maximum atomic E-state index is 5.83. The molecule has 1 fully saturated rings. The number of anilines is 2. The highest BCUT2D eigenvalue weighted by molar-refractivity contribution is 7.22. The monoisotopic (exact) mass is 261 g/mol. The highest BCUT2D eigenvalue weighted by atomic mass is 32.1. The van der Waals surface area contributed by atoms with Crippen LogP contribution in [0.4, 0.5) is 10.8 Å². The van der Waals surface area contributed by atoms with Gasteiger partial charge in [0, 0.05) is 18.3 Å². The highest BCUT2D eigenvalue weighted by Crippen LogP contribution is 2.35. The van der Waals surface area contributed by atoms with Crippen LogP contribution in [0, 0.1) is 5.92 Å². The molecule has 2 aromatic rings. The van der Waals surface area contributed by atoms with Gasteiger partial charge < -0.3 is 10.6 Å². The number of thiazole rings is 1. The molecule has 2 N–H and O–H groups in total. The third-order valence-corrected chi connectivity index (χ3v) is 4.77. The summed E-state index contributed by atoms with van der Waals surface area (Å²) in [5.41, 5.74) is 7.71. The molecule has 1 aliphatic rings. The maximum Gasteiger partial charge on any atom is 0.186 e. The molecule has 0 radical (unpaired) electrons. The zero-order valence-corrected chi connectivity index (χ0v) is 11.7. The van der Waals surface area contributed by atoms with Crippen LogP contribution in [0.1, 0.15) is 26.7 Å². The molecule has 0 amide bonds. The van der Waals surface area contributed by atoms with Gasteiger partial charge in [-0.15, -0.1) is 0 Å². The molecule has 0 spiro atoms. The Kier molecular flexibility index (Phi) is 2.90. The van der Waals surface area contributed by atoms with Crippen molar-refractivity contribution in [3.05, 3.63) is 18.2 Å². The second-order valence-corrected chi connectivity index (χ2v) is 6.38. The predicted molar refractivity (Wildman–Crippen MR) is 79.2 cm³/mol. The SMILES string of the molecule is CC(C)C1CCCN1c1nc2ccc(N)cc2s1. The number of hydrogen-bond donors (Lipinski definition) is 1. The van der Waals surface area contributed by atoms with Crippen molar-refractivity contribution in [3.8, 4) is 0 Å². The van der Waals surface area contributed by atoms with E-state index in [0.717, 1.165) is 22.9 Å². The van der Waals surface area contributed by atoms with Gasteiger partial charge in [-0.3, -0.25) is 0 Å². The number of benzene rings is 1. The van der Waals surface area contributed by atoms with Crippen LogP contribution in [0.15, 0.2) is 18.2 Å². The molecule has 1 atom stereocenters. The zero-order valence-electron chi connectivity index (χ0n) is 10.9. The summed E-state index contributed by atoms with van der Waals surface area (Å²) in [7, 11) is 0. The highest BCUT2D eigenvalue weighted by Gasteiger charge is 2.29. The van der Waals surface area contributed by atoms with E-state index in [4.69, 9.17) is 10.7 Å². The van der Waals surface area contributed by atoms with Gasteiger partial charge in [-0.25, -0.2) is 4.98 Å². The zero-order chi connectivity index (χ0) is 12.7. The van der Waals surface area contributed by atoms with Crippen molar-refractivity contribution in [1.82, 2.24) is 4.98 Å². The lowest BCUT2D eigenvalue weighted by Gasteiger charge is -2.26. The number of nitrogens with two attached hydrogens (primary N) is 1. The quantitative estimate of drug-likeness (QED) is 0.841. The summed E-state index contributed by atoms with van der Waals surface area (Å²) in [5.74, 6) is 0.685. The van der Waals surface area contributed by atoms with E-state index in [9.17, 15) is 0 Å². The van der Waals surface area contributed by atoms with Gasteiger partial charge in [-0.2, -0.15) is 0 Å². The van der Waals surface area contributed by atoms with Gasteiger partial charge in [0.05, 0.1) is 10.2 Å². The average Bonchev–Trinajstić information content (AvgIpc) is 2.93. The van der Waals surface area contributed by atoms with Crippen LogP contribution < -0.4 is 10.6 Å². The minimum Gasteiger partial charge on any atom is -0.399 e. The van der Waals surface area contributed by atoms with Crippen molar-refractivity contribution < 1.29 is 0 Å². The first-order valence-electron chi connectivity index (χ1n) is 6.58. The first-order valence-corrected chi connectivity index (χ1v) is 7.39. The van der Waals surface area contributed by atoms with E-state index < -0.39 is 0 Å². The fourth-order valence-electron chi connectivity index (χ4n) is 2.78. The number of fused-ring (bicyclic) bond motifs is 1. The number of nitrogen functional groups attached to an aromatic ring is 1. The fraction of sp³-hybridized carbons (Fsp3) is 0.500. The van der Waals surface area contributed by atoms with Gasteiger partial charge in [-0.1, -0.05) is 25.2 Å². The fourth-order valence-corrected chi connectivity index (χ4v) is 3.87. The summed E-state index contributed by atoms with van der Waals surface area (Å²) < 4.78 is 1.19. The van der Waals surface area contributed by atoms with Gasteiger partial charge in [0.2, 0.25) is 0 Å².